The Labute approximate surface area is 112 Å². The van der Waals surface area contributed by atoms with E-state index < -0.39 is 0 Å². The van der Waals surface area contributed by atoms with Gasteiger partial charge in [0, 0.05) is 31.6 Å². The van der Waals surface area contributed by atoms with E-state index in [4.69, 9.17) is 0 Å². The van der Waals surface area contributed by atoms with Gasteiger partial charge >= 0.3 is 0 Å². The summed E-state index contributed by atoms with van der Waals surface area (Å²) >= 11 is 0. The fraction of sp³-hybridized carbons (Fsp3) is 0.933. The zero-order valence-electron chi connectivity index (χ0n) is 12.7. The minimum absolute atomic E-state index is 0.107. The third kappa shape index (κ3) is 4.27. The quantitative estimate of drug-likeness (QED) is 0.818. The van der Waals surface area contributed by atoms with Gasteiger partial charge in [-0.15, -0.1) is 0 Å². The smallest absolute Gasteiger partial charge is 0.225 e. The molecule has 1 rings (SSSR count). The highest BCUT2D eigenvalue weighted by Gasteiger charge is 2.31. The summed E-state index contributed by atoms with van der Waals surface area (Å²) in [5.74, 6) is 1.01. The molecule has 0 bridgehead atoms. The van der Waals surface area contributed by atoms with Crippen LogP contribution in [-0.2, 0) is 4.79 Å². The molecule has 2 atom stereocenters. The maximum absolute atomic E-state index is 12.1. The predicted octanol–water partition coefficient (Wildman–Crippen LogP) is 2.66. The monoisotopic (exact) mass is 254 g/mol. The largest absolute Gasteiger partial charge is 0.342 e. The molecule has 1 amide bonds. The minimum atomic E-state index is 0.107. The van der Waals surface area contributed by atoms with Crippen molar-refractivity contribution in [2.45, 2.75) is 65.5 Å². The first-order valence-corrected chi connectivity index (χ1v) is 7.43. The first-order valence-electron chi connectivity index (χ1n) is 7.43. The van der Waals surface area contributed by atoms with Gasteiger partial charge in [0.25, 0.3) is 0 Å². The van der Waals surface area contributed by atoms with Crippen LogP contribution in [0.1, 0.15) is 53.4 Å². The van der Waals surface area contributed by atoms with Crippen LogP contribution in [0.5, 0.6) is 0 Å². The summed E-state index contributed by atoms with van der Waals surface area (Å²) in [4.78, 5) is 14.1. The molecule has 0 aromatic rings. The normalized spacial score (nSPS) is 24.6. The van der Waals surface area contributed by atoms with Crippen molar-refractivity contribution in [1.82, 2.24) is 10.2 Å². The number of carbonyl (C=O) groups is 1. The van der Waals surface area contributed by atoms with Gasteiger partial charge in [-0.05, 0) is 18.8 Å². The molecule has 18 heavy (non-hydrogen) atoms. The van der Waals surface area contributed by atoms with E-state index in [0.717, 1.165) is 6.54 Å². The molecule has 0 heterocycles. The average Bonchev–Trinajstić information content (AvgIpc) is 2.34. The minimum Gasteiger partial charge on any atom is -0.342 e. The van der Waals surface area contributed by atoms with Crippen molar-refractivity contribution in [3.63, 3.8) is 0 Å². The van der Waals surface area contributed by atoms with Crippen LogP contribution in [0, 0.1) is 11.8 Å². The molecule has 0 radical (unpaired) electrons. The van der Waals surface area contributed by atoms with Gasteiger partial charge in [0.05, 0.1) is 0 Å². The van der Waals surface area contributed by atoms with Crippen molar-refractivity contribution < 1.29 is 4.79 Å². The van der Waals surface area contributed by atoms with Crippen molar-refractivity contribution >= 4 is 5.91 Å². The van der Waals surface area contributed by atoms with Crippen LogP contribution < -0.4 is 5.32 Å². The Morgan fingerprint density at radius 2 is 1.83 bits per heavy atom. The summed E-state index contributed by atoms with van der Waals surface area (Å²) in [5.41, 5.74) is 0. The summed E-state index contributed by atoms with van der Waals surface area (Å²) in [7, 11) is 1.99. The van der Waals surface area contributed by atoms with Gasteiger partial charge in [-0.1, -0.05) is 40.5 Å². The van der Waals surface area contributed by atoms with Gasteiger partial charge in [-0.3, -0.25) is 4.79 Å². The first-order chi connectivity index (χ1) is 8.43. The highest BCUT2D eigenvalue weighted by molar-refractivity contribution is 5.78. The number of rotatable bonds is 5. The second-order valence-corrected chi connectivity index (χ2v) is 6.28. The highest BCUT2D eigenvalue weighted by Crippen LogP contribution is 2.28. The maximum atomic E-state index is 12.1. The highest BCUT2D eigenvalue weighted by atomic mass is 16.2. The lowest BCUT2D eigenvalue weighted by Gasteiger charge is -2.39. The van der Waals surface area contributed by atoms with E-state index in [1.807, 2.05) is 25.8 Å². The number of nitrogens with one attached hydrogen (secondary N) is 1. The fourth-order valence-corrected chi connectivity index (χ4v) is 2.89. The molecule has 1 aliphatic rings. The molecular weight excluding hydrogens is 224 g/mol. The lowest BCUT2D eigenvalue weighted by Crippen LogP contribution is -2.48. The molecule has 3 nitrogen and oxygen atoms in total. The van der Waals surface area contributed by atoms with E-state index in [1.54, 1.807) is 0 Å². The molecule has 1 aliphatic carbocycles. The van der Waals surface area contributed by atoms with Crippen molar-refractivity contribution in [2.24, 2.45) is 11.8 Å². The van der Waals surface area contributed by atoms with Crippen LogP contribution in [0.4, 0.5) is 0 Å². The molecule has 1 N–H and O–H groups in total. The second-order valence-electron chi connectivity index (χ2n) is 6.28. The van der Waals surface area contributed by atoms with Crippen LogP contribution >= 0.6 is 0 Å². The average molecular weight is 254 g/mol. The zero-order valence-corrected chi connectivity index (χ0v) is 12.7. The van der Waals surface area contributed by atoms with Gasteiger partial charge in [-0.25, -0.2) is 0 Å². The van der Waals surface area contributed by atoms with Gasteiger partial charge in [-0.2, -0.15) is 0 Å². The summed E-state index contributed by atoms with van der Waals surface area (Å²) in [6.07, 6.45) is 4.99. The Balaban J connectivity index is 2.60. The summed E-state index contributed by atoms with van der Waals surface area (Å²) in [6, 6.07) is 0.957. The summed E-state index contributed by atoms with van der Waals surface area (Å²) < 4.78 is 0. The Bertz CT molecular complexity index is 263. The van der Waals surface area contributed by atoms with Gasteiger partial charge in [0.1, 0.15) is 0 Å². The molecule has 1 saturated carbocycles. The number of hydrogen-bond acceptors (Lipinski definition) is 2. The maximum Gasteiger partial charge on any atom is 0.225 e. The molecule has 0 aliphatic heterocycles. The number of carbonyl (C=O) groups excluding carboxylic acids is 1. The van der Waals surface area contributed by atoms with Gasteiger partial charge < -0.3 is 10.2 Å². The van der Waals surface area contributed by atoms with E-state index >= 15 is 0 Å². The second kappa shape index (κ2) is 7.13. The Hall–Kier alpha value is -0.570. The molecule has 1 fully saturated rings. The SMILES string of the molecule is CC(C)NCC1CCCCC1N(C)C(=O)C(C)C. The molecule has 0 aromatic carbocycles. The van der Waals surface area contributed by atoms with Crippen LogP contribution in [0.15, 0.2) is 0 Å². The zero-order chi connectivity index (χ0) is 13.7. The van der Waals surface area contributed by atoms with E-state index in [0.29, 0.717) is 18.0 Å². The molecule has 0 spiro atoms. The fourth-order valence-electron chi connectivity index (χ4n) is 2.89. The Morgan fingerprint density at radius 3 is 2.39 bits per heavy atom. The van der Waals surface area contributed by atoms with E-state index in [1.165, 1.54) is 25.7 Å². The number of amides is 1. The van der Waals surface area contributed by atoms with Crippen LogP contribution in [0.25, 0.3) is 0 Å². The van der Waals surface area contributed by atoms with Crippen LogP contribution in [0.3, 0.4) is 0 Å². The predicted molar refractivity (Wildman–Crippen MR) is 76.5 cm³/mol. The molecular formula is C15H30N2O. The topological polar surface area (TPSA) is 32.3 Å². The van der Waals surface area contributed by atoms with Crippen molar-refractivity contribution in [3.05, 3.63) is 0 Å². The van der Waals surface area contributed by atoms with Crippen LogP contribution in [-0.4, -0.2) is 36.5 Å². The van der Waals surface area contributed by atoms with Crippen molar-refractivity contribution in [2.75, 3.05) is 13.6 Å². The molecule has 0 saturated heterocycles. The van der Waals surface area contributed by atoms with Crippen LogP contribution in [0.2, 0.25) is 0 Å². The summed E-state index contributed by atoms with van der Waals surface area (Å²) in [6.45, 7) is 9.38. The molecule has 0 aromatic heterocycles. The molecule has 3 heteroatoms. The Kier molecular flexibility index (Phi) is 6.13. The molecule has 106 valence electrons. The first kappa shape index (κ1) is 15.5. The third-order valence-electron chi connectivity index (χ3n) is 4.00. The van der Waals surface area contributed by atoms with Gasteiger partial charge in [0.2, 0.25) is 5.91 Å². The summed E-state index contributed by atoms with van der Waals surface area (Å²) in [5, 5.41) is 3.53. The van der Waals surface area contributed by atoms with Gasteiger partial charge in [0.15, 0.2) is 0 Å². The van der Waals surface area contributed by atoms with Crippen molar-refractivity contribution in [3.8, 4) is 0 Å². The number of nitrogens with zero attached hydrogens (tertiary/aromatic N) is 1. The lowest BCUT2D eigenvalue weighted by molar-refractivity contribution is -0.137. The molecule has 2 unspecified atom stereocenters. The third-order valence-corrected chi connectivity index (χ3v) is 4.00. The van der Waals surface area contributed by atoms with E-state index in [9.17, 15) is 4.79 Å². The standard InChI is InChI=1S/C15H30N2O/c1-11(2)15(18)17(5)14-9-7-6-8-13(14)10-16-12(3)4/h11-14,16H,6-10H2,1-5H3. The van der Waals surface area contributed by atoms with E-state index in [-0.39, 0.29) is 11.8 Å². The Morgan fingerprint density at radius 1 is 1.22 bits per heavy atom. The van der Waals surface area contributed by atoms with Crippen molar-refractivity contribution in [1.29, 1.82) is 0 Å². The van der Waals surface area contributed by atoms with E-state index in [2.05, 4.69) is 19.2 Å². The number of hydrogen-bond donors (Lipinski definition) is 1. The lowest BCUT2D eigenvalue weighted by atomic mass is 9.83.